The van der Waals surface area contributed by atoms with Crippen molar-refractivity contribution in [3.8, 4) is 0 Å². The number of halogens is 1. The molecule has 2 heterocycles. The van der Waals surface area contributed by atoms with Crippen LogP contribution in [0.2, 0.25) is 0 Å². The van der Waals surface area contributed by atoms with E-state index in [-0.39, 0.29) is 30.1 Å². The molecular formula is C23H32IN5O. The third kappa shape index (κ3) is 7.60. The van der Waals surface area contributed by atoms with Gasteiger partial charge in [-0.1, -0.05) is 36.4 Å². The number of fused-ring (bicyclic) bond motifs is 1. The number of hydrogen-bond acceptors (Lipinski definition) is 3. The maximum atomic E-state index is 5.92. The second kappa shape index (κ2) is 13.2. The maximum absolute atomic E-state index is 5.92. The monoisotopic (exact) mass is 521 g/mol. The first kappa shape index (κ1) is 24.1. The first-order valence-electron chi connectivity index (χ1n) is 10.4. The number of pyridine rings is 1. The standard InChI is InChI=1S/C23H31N5O.HI/c1-3-24-23(25-14-9-17-29-19(2)20-10-5-4-6-11-20)26-15-13-21-18-28-16-8-7-12-22(28)27-21;/h4-8,10-12,16,18-19H,3,9,13-15,17H2,1-2H3,(H2,24,25,26);1H. The molecule has 0 aliphatic heterocycles. The van der Waals surface area contributed by atoms with E-state index >= 15 is 0 Å². The summed E-state index contributed by atoms with van der Waals surface area (Å²) in [6, 6.07) is 16.3. The number of aliphatic imine (C=N–C) groups is 1. The molecule has 0 saturated carbocycles. The van der Waals surface area contributed by atoms with Crippen LogP contribution in [0.3, 0.4) is 0 Å². The van der Waals surface area contributed by atoms with Crippen molar-refractivity contribution in [2.45, 2.75) is 32.8 Å². The van der Waals surface area contributed by atoms with Gasteiger partial charge in [0.05, 0.1) is 11.8 Å². The van der Waals surface area contributed by atoms with E-state index < -0.39 is 0 Å². The molecule has 0 fully saturated rings. The number of benzene rings is 1. The van der Waals surface area contributed by atoms with Crippen molar-refractivity contribution < 1.29 is 4.74 Å². The van der Waals surface area contributed by atoms with E-state index in [2.05, 4.69) is 52.8 Å². The van der Waals surface area contributed by atoms with Crippen LogP contribution in [0, 0.1) is 0 Å². The van der Waals surface area contributed by atoms with E-state index in [9.17, 15) is 0 Å². The van der Waals surface area contributed by atoms with Gasteiger partial charge in [0.1, 0.15) is 5.65 Å². The highest BCUT2D eigenvalue weighted by Gasteiger charge is 2.05. The Kier molecular flexibility index (Phi) is 10.6. The molecule has 0 radical (unpaired) electrons. The van der Waals surface area contributed by atoms with E-state index in [0.29, 0.717) is 6.61 Å². The van der Waals surface area contributed by atoms with Crippen molar-refractivity contribution in [1.29, 1.82) is 0 Å². The summed E-state index contributed by atoms with van der Waals surface area (Å²) < 4.78 is 7.96. The minimum absolute atomic E-state index is 0. The average Bonchev–Trinajstić information content (AvgIpc) is 3.16. The van der Waals surface area contributed by atoms with Gasteiger partial charge in [0.15, 0.2) is 5.96 Å². The summed E-state index contributed by atoms with van der Waals surface area (Å²) in [5, 5.41) is 6.68. The van der Waals surface area contributed by atoms with Crippen LogP contribution in [-0.2, 0) is 11.2 Å². The van der Waals surface area contributed by atoms with Gasteiger partial charge in [-0.15, -0.1) is 24.0 Å². The SMILES string of the molecule is CCNC(=NCCCOC(C)c1ccccc1)NCCc1cn2ccccc2n1.I. The fraction of sp³-hybridized carbons (Fsp3) is 0.391. The van der Waals surface area contributed by atoms with Crippen molar-refractivity contribution in [1.82, 2.24) is 20.0 Å². The number of nitrogens with zero attached hydrogens (tertiary/aromatic N) is 3. The molecule has 2 N–H and O–H groups in total. The van der Waals surface area contributed by atoms with Gasteiger partial charge in [-0.25, -0.2) is 4.98 Å². The highest BCUT2D eigenvalue weighted by atomic mass is 127. The van der Waals surface area contributed by atoms with Crippen LogP contribution in [0.25, 0.3) is 5.65 Å². The Labute approximate surface area is 196 Å². The topological polar surface area (TPSA) is 63.0 Å². The van der Waals surface area contributed by atoms with Gasteiger partial charge in [-0.05, 0) is 38.0 Å². The van der Waals surface area contributed by atoms with Crippen molar-refractivity contribution in [2.75, 3.05) is 26.2 Å². The molecule has 0 bridgehead atoms. The second-order valence-corrected chi connectivity index (χ2v) is 6.91. The van der Waals surface area contributed by atoms with Crippen LogP contribution in [0.5, 0.6) is 0 Å². The Hall–Kier alpha value is -2.13. The normalized spacial score (nSPS) is 12.4. The van der Waals surface area contributed by atoms with E-state index in [1.165, 1.54) is 5.56 Å². The lowest BCUT2D eigenvalue weighted by Crippen LogP contribution is -2.38. The van der Waals surface area contributed by atoms with Crippen LogP contribution in [-0.4, -0.2) is 41.6 Å². The minimum Gasteiger partial charge on any atom is -0.374 e. The highest BCUT2D eigenvalue weighted by molar-refractivity contribution is 14.0. The number of nitrogens with one attached hydrogen (secondary N) is 2. The van der Waals surface area contributed by atoms with E-state index in [1.807, 2.05) is 47.0 Å². The summed E-state index contributed by atoms with van der Waals surface area (Å²) in [5.74, 6) is 0.840. The lowest BCUT2D eigenvalue weighted by Gasteiger charge is -2.13. The minimum atomic E-state index is 0. The molecule has 1 unspecified atom stereocenters. The molecule has 6 nitrogen and oxygen atoms in total. The smallest absolute Gasteiger partial charge is 0.191 e. The third-order valence-electron chi connectivity index (χ3n) is 4.64. The summed E-state index contributed by atoms with van der Waals surface area (Å²) >= 11 is 0. The van der Waals surface area contributed by atoms with Crippen LogP contribution in [0.1, 0.15) is 37.6 Å². The summed E-state index contributed by atoms with van der Waals surface area (Å²) in [7, 11) is 0. The molecule has 1 aromatic carbocycles. The van der Waals surface area contributed by atoms with Crippen LogP contribution >= 0.6 is 24.0 Å². The van der Waals surface area contributed by atoms with E-state index in [4.69, 9.17) is 4.74 Å². The van der Waals surface area contributed by atoms with E-state index in [1.54, 1.807) is 0 Å². The first-order valence-corrected chi connectivity index (χ1v) is 10.4. The molecule has 0 aliphatic carbocycles. The molecule has 1 atom stereocenters. The molecule has 30 heavy (non-hydrogen) atoms. The summed E-state index contributed by atoms with van der Waals surface area (Å²) in [5.41, 5.74) is 3.26. The molecular weight excluding hydrogens is 489 g/mol. The molecule has 0 aliphatic rings. The van der Waals surface area contributed by atoms with Crippen molar-refractivity contribution in [2.24, 2.45) is 4.99 Å². The Morgan fingerprint density at radius 3 is 2.70 bits per heavy atom. The Bertz CT molecular complexity index is 864. The zero-order valence-corrected chi connectivity index (χ0v) is 20.1. The Balaban J connectivity index is 0.00000320. The fourth-order valence-electron chi connectivity index (χ4n) is 3.09. The number of imidazole rings is 1. The van der Waals surface area contributed by atoms with Crippen molar-refractivity contribution >= 4 is 35.6 Å². The number of aromatic nitrogens is 2. The van der Waals surface area contributed by atoms with Gasteiger partial charge >= 0.3 is 0 Å². The first-order chi connectivity index (χ1) is 14.3. The number of hydrogen-bond donors (Lipinski definition) is 2. The van der Waals surface area contributed by atoms with Crippen molar-refractivity contribution in [3.63, 3.8) is 0 Å². The van der Waals surface area contributed by atoms with Gasteiger partial charge in [0, 0.05) is 45.1 Å². The van der Waals surface area contributed by atoms with E-state index in [0.717, 1.165) is 49.8 Å². The number of ether oxygens (including phenoxy) is 1. The lowest BCUT2D eigenvalue weighted by atomic mass is 10.1. The molecule has 162 valence electrons. The fourth-order valence-corrected chi connectivity index (χ4v) is 3.09. The van der Waals surface area contributed by atoms with Crippen LogP contribution < -0.4 is 10.6 Å². The summed E-state index contributed by atoms with van der Waals surface area (Å²) in [6.07, 6.45) is 5.94. The largest absolute Gasteiger partial charge is 0.374 e. The van der Waals surface area contributed by atoms with Gasteiger partial charge in [-0.2, -0.15) is 0 Å². The number of guanidine groups is 1. The quantitative estimate of drug-likeness (QED) is 0.182. The molecule has 3 rings (SSSR count). The zero-order chi connectivity index (χ0) is 20.3. The van der Waals surface area contributed by atoms with Crippen molar-refractivity contribution in [3.05, 3.63) is 72.2 Å². The van der Waals surface area contributed by atoms with Gasteiger partial charge in [-0.3, -0.25) is 4.99 Å². The zero-order valence-electron chi connectivity index (χ0n) is 17.8. The third-order valence-corrected chi connectivity index (χ3v) is 4.64. The molecule has 2 aromatic heterocycles. The molecule has 0 spiro atoms. The highest BCUT2D eigenvalue weighted by Crippen LogP contribution is 2.15. The molecule has 0 amide bonds. The summed E-state index contributed by atoms with van der Waals surface area (Å²) in [6.45, 7) is 7.21. The second-order valence-electron chi connectivity index (χ2n) is 6.91. The van der Waals surface area contributed by atoms with Gasteiger partial charge in [0.25, 0.3) is 0 Å². The predicted molar refractivity (Wildman–Crippen MR) is 134 cm³/mol. The number of rotatable bonds is 10. The maximum Gasteiger partial charge on any atom is 0.191 e. The van der Waals surface area contributed by atoms with Gasteiger partial charge < -0.3 is 19.8 Å². The van der Waals surface area contributed by atoms with Gasteiger partial charge in [0.2, 0.25) is 0 Å². The Morgan fingerprint density at radius 1 is 1.13 bits per heavy atom. The lowest BCUT2D eigenvalue weighted by molar-refractivity contribution is 0.0652. The van der Waals surface area contributed by atoms with Crippen LogP contribution in [0.15, 0.2) is 65.9 Å². The molecule has 3 aromatic rings. The average molecular weight is 521 g/mol. The van der Waals surface area contributed by atoms with Crippen LogP contribution in [0.4, 0.5) is 0 Å². The predicted octanol–water partition coefficient (Wildman–Crippen LogP) is 4.22. The molecule has 7 heteroatoms. The molecule has 0 saturated heterocycles. The summed E-state index contributed by atoms with van der Waals surface area (Å²) in [4.78, 5) is 9.28. The Morgan fingerprint density at radius 2 is 1.93 bits per heavy atom.